The molecule has 4 heterocycles. The van der Waals surface area contributed by atoms with E-state index in [4.69, 9.17) is 20.3 Å². The Balaban J connectivity index is 0.844. The van der Waals surface area contributed by atoms with E-state index in [-0.39, 0.29) is 82.8 Å². The zero-order valence-corrected chi connectivity index (χ0v) is 47.3. The minimum Gasteiger partial charge on any atom is -0.484 e. The first-order valence-electron chi connectivity index (χ1n) is 25.5. The molecule has 0 saturated carbocycles. The summed E-state index contributed by atoms with van der Waals surface area (Å²) in [6.07, 6.45) is 0.878. The van der Waals surface area contributed by atoms with Gasteiger partial charge in [-0.3, -0.25) is 23.8 Å². The molecule has 1 fully saturated rings. The van der Waals surface area contributed by atoms with Gasteiger partial charge in [-0.05, 0) is 90.8 Å². The molecule has 0 aliphatic carbocycles. The normalized spacial score (nSPS) is 15.4. The van der Waals surface area contributed by atoms with Crippen LogP contribution in [0, 0.1) is 18.2 Å². The number of likely N-dealkylation sites (tertiary alicyclic amines) is 1. The van der Waals surface area contributed by atoms with Crippen LogP contribution in [0.25, 0.3) is 43.7 Å². The van der Waals surface area contributed by atoms with E-state index >= 15 is 0 Å². The van der Waals surface area contributed by atoms with Crippen LogP contribution in [0.4, 0.5) is 24.7 Å². The van der Waals surface area contributed by atoms with Crippen molar-refractivity contribution in [1.82, 2.24) is 34.9 Å². The Morgan fingerprint density at radius 1 is 0.950 bits per heavy atom. The van der Waals surface area contributed by atoms with E-state index in [1.54, 1.807) is 66.0 Å². The van der Waals surface area contributed by atoms with Gasteiger partial charge in [-0.25, -0.2) is 27.6 Å². The highest BCUT2D eigenvalue weighted by Crippen LogP contribution is 2.41. The Hall–Kier alpha value is -7.67. The second kappa shape index (κ2) is 24.8. The molecule has 8 rings (SSSR count). The maximum Gasteiger partial charge on any atom is 0.355 e. The molecule has 4 atom stereocenters. The van der Waals surface area contributed by atoms with Gasteiger partial charge >= 0.3 is 11.7 Å². The molecule has 18 nitrogen and oxygen atoms in total. The zero-order valence-electron chi connectivity index (χ0n) is 44.6. The highest BCUT2D eigenvalue weighted by atomic mass is 32.2. The quantitative estimate of drug-likeness (QED) is 0.0257. The lowest BCUT2D eigenvalue weighted by Gasteiger charge is -2.34. The maximum atomic E-state index is 14.1. The van der Waals surface area contributed by atoms with E-state index in [0.717, 1.165) is 21.7 Å². The van der Waals surface area contributed by atoms with Crippen molar-refractivity contribution in [3.8, 4) is 38.6 Å². The molecule has 7 aromatic rings. The van der Waals surface area contributed by atoms with E-state index in [1.165, 1.54) is 47.4 Å². The number of aromatic nitrogens is 4. The molecule has 0 spiro atoms. The number of aliphatic hydroxyl groups is 1. The van der Waals surface area contributed by atoms with Crippen molar-refractivity contribution in [3.05, 3.63) is 131 Å². The molecular formula is C56H60F3N9O9S2Si. The van der Waals surface area contributed by atoms with Gasteiger partial charge < -0.3 is 35.5 Å². The third kappa shape index (κ3) is 13.7. The van der Waals surface area contributed by atoms with Gasteiger partial charge in [-0.15, -0.1) is 11.3 Å². The van der Waals surface area contributed by atoms with Crippen LogP contribution in [-0.2, 0) is 42.7 Å². The van der Waals surface area contributed by atoms with Gasteiger partial charge in [0.2, 0.25) is 17.7 Å². The summed E-state index contributed by atoms with van der Waals surface area (Å²) in [5.41, 5.74) is 12.8. The number of nitrogens with one attached hydrogen (secondary N) is 3. The number of rotatable bonds is 21. The number of ether oxygens (including phenoxy) is 2. The molecule has 1 saturated heterocycles. The van der Waals surface area contributed by atoms with Crippen molar-refractivity contribution in [3.63, 3.8) is 0 Å². The van der Waals surface area contributed by atoms with Gasteiger partial charge in [0, 0.05) is 50.3 Å². The molecular weight excluding hydrogens is 1090 g/mol. The highest BCUT2D eigenvalue weighted by Gasteiger charge is 2.44. The second-order valence-corrected chi connectivity index (χ2v) is 24.0. The molecule has 2 radical (unpaired) electrons. The largest absolute Gasteiger partial charge is 0.484 e. The first-order chi connectivity index (χ1) is 38.0. The maximum absolute atomic E-state index is 14.1. The average molecular weight is 1150 g/mol. The number of esters is 1. The van der Waals surface area contributed by atoms with Crippen molar-refractivity contribution >= 4 is 77.1 Å². The van der Waals surface area contributed by atoms with Crippen LogP contribution < -0.4 is 25.5 Å². The number of carbonyl (C=O) groups is 4. The first-order valence-corrected chi connectivity index (χ1v) is 29.0. The number of hydrogen-bond acceptors (Lipinski definition) is 14. The summed E-state index contributed by atoms with van der Waals surface area (Å²) >= 11 is 1.56. The number of nitrogen functional groups attached to an aromatic ring is 1. The minimum absolute atomic E-state index is 0.00195. The third-order valence-corrected chi connectivity index (χ3v) is 17.3. The van der Waals surface area contributed by atoms with Crippen molar-refractivity contribution in [2.75, 3.05) is 23.6 Å². The number of nitrogens with two attached hydrogens (primary N) is 1. The smallest absolute Gasteiger partial charge is 0.355 e. The topological polar surface area (TPSA) is 250 Å². The van der Waals surface area contributed by atoms with E-state index in [2.05, 4.69) is 20.3 Å². The summed E-state index contributed by atoms with van der Waals surface area (Å²) in [4.78, 5) is 68.0. The summed E-state index contributed by atoms with van der Waals surface area (Å²) in [6.45, 7) is 9.52. The van der Waals surface area contributed by atoms with Gasteiger partial charge in [0.25, 0.3) is 10.0 Å². The van der Waals surface area contributed by atoms with Gasteiger partial charge in [0.15, 0.2) is 9.68 Å². The number of unbranched alkanes of at least 4 members (excludes halogenated alkanes) is 1. The van der Waals surface area contributed by atoms with E-state index in [0.29, 0.717) is 51.7 Å². The number of nitrogens with zero attached hydrogens (tertiary/aromatic N) is 5. The molecule has 0 bridgehead atoms. The zero-order chi connectivity index (χ0) is 57.6. The van der Waals surface area contributed by atoms with Crippen LogP contribution in [0.1, 0.15) is 86.7 Å². The second-order valence-electron chi connectivity index (χ2n) is 20.4. The van der Waals surface area contributed by atoms with Gasteiger partial charge in [-0.2, -0.15) is 13.9 Å². The first kappa shape index (κ1) is 58.5. The monoisotopic (exact) mass is 1150 g/mol. The molecule has 3 amide bonds. The Bertz CT molecular complexity index is 3510. The number of halogens is 3. The summed E-state index contributed by atoms with van der Waals surface area (Å²) in [5, 5.41) is 18.7. The lowest BCUT2D eigenvalue weighted by atomic mass is 9.90. The number of hydrogen-bond donors (Lipinski definition) is 5. The summed E-state index contributed by atoms with van der Waals surface area (Å²) in [5.74, 6) is -5.79. The van der Waals surface area contributed by atoms with Crippen LogP contribution in [0.5, 0.6) is 5.75 Å². The van der Waals surface area contributed by atoms with Crippen molar-refractivity contribution in [2.24, 2.45) is 12.5 Å². The number of thiazole rings is 1. The van der Waals surface area contributed by atoms with Crippen molar-refractivity contribution in [2.45, 2.75) is 96.4 Å². The number of amides is 3. The number of carbonyl (C=O) groups excluding carboxylic acids is 4. The van der Waals surface area contributed by atoms with E-state index in [9.17, 15) is 45.9 Å². The number of fused-ring (bicyclic) bond motifs is 1. The predicted molar refractivity (Wildman–Crippen MR) is 299 cm³/mol. The standard InChI is InChI=1S/C56H60F3N9O9S2Si/c1-31-49(78-30-63-31)36-12-10-33(11-13-36)27-62-52(71)43-26-40(69)29-68(43)53(72)50(56(3,4)5)80-66-45(70)9-7-8-24-76-54(73)37-16-14-35(15-17-37)41-28-61-51(60)46-47(64-67(6)48(41)46)38-20-23-42(65-79(74,75)55(58)59)44(25-38)77-32(2)34-18-21-39(57)22-19-34/h10-23,25,28,30,32,40,43,50,55,65,69H,7-9,24,26-27,29H2,1-6H3,(H2,60,61)(H,62,71)(H,66,70)/t32-,40+,43?,50+/m0/s1. The summed E-state index contributed by atoms with van der Waals surface area (Å²) in [6, 6.07) is 23.1. The Morgan fingerprint density at radius 3 is 2.30 bits per heavy atom. The number of benzene rings is 4. The Morgan fingerprint density at radius 2 is 1.64 bits per heavy atom. The van der Waals surface area contributed by atoms with Crippen molar-refractivity contribution < 1.29 is 55.3 Å². The molecule has 6 N–H and O–H groups in total. The minimum atomic E-state index is -5.10. The van der Waals surface area contributed by atoms with E-state index in [1.807, 2.05) is 56.7 Å². The SMILES string of the molecule is Cc1ncsc1-c1ccc(CNC(=O)C2C[C@@H](O)CN2C(=O)[C@@H]([Si]NC(=O)CCCCOC(=O)c2ccc(-c3cnc(N)c4c(-c5ccc(NS(=O)(=O)C(F)F)c(O[C@@H](C)c6ccc(F)cc6)c5)nn(C)c34)cc2)C(C)(C)C)cc1. The highest BCUT2D eigenvalue weighted by molar-refractivity contribution is 7.93. The number of pyridine rings is 1. The molecule has 1 aliphatic heterocycles. The lowest BCUT2D eigenvalue weighted by molar-refractivity contribution is -0.140. The van der Waals surface area contributed by atoms with Gasteiger partial charge in [0.1, 0.15) is 35.2 Å². The number of anilines is 2. The molecule has 1 unspecified atom stereocenters. The third-order valence-electron chi connectivity index (χ3n) is 13.5. The fourth-order valence-electron chi connectivity index (χ4n) is 9.21. The predicted octanol–water partition coefficient (Wildman–Crippen LogP) is 8.74. The van der Waals surface area contributed by atoms with Crippen LogP contribution in [0.3, 0.4) is 0 Å². The van der Waals surface area contributed by atoms with Gasteiger partial charge in [-0.1, -0.05) is 75.4 Å². The molecule has 1 aliphatic rings. The van der Waals surface area contributed by atoms with E-state index < -0.39 is 56.8 Å². The Labute approximate surface area is 467 Å². The average Bonchev–Trinajstić information content (AvgIpc) is 4.21. The molecule has 80 heavy (non-hydrogen) atoms. The van der Waals surface area contributed by atoms with Crippen LogP contribution in [0.2, 0.25) is 5.54 Å². The number of sulfonamides is 1. The Kier molecular flexibility index (Phi) is 18.1. The van der Waals surface area contributed by atoms with Crippen LogP contribution >= 0.6 is 11.3 Å². The number of aliphatic hydroxyl groups excluding tert-OH is 1. The van der Waals surface area contributed by atoms with Crippen LogP contribution in [-0.4, -0.2) is 103 Å². The fraction of sp³-hybridized carbons (Fsp3) is 0.339. The summed E-state index contributed by atoms with van der Waals surface area (Å²) < 4.78 is 80.3. The van der Waals surface area contributed by atoms with Crippen molar-refractivity contribution in [1.29, 1.82) is 0 Å². The molecule has 24 heteroatoms. The lowest BCUT2D eigenvalue weighted by Crippen LogP contribution is -2.50. The number of β-amino-alcohol motifs (C(OH)–C–C–N with tert-alkyl or cyclic N) is 1. The van der Waals surface area contributed by atoms with Gasteiger partial charge in [0.05, 0.1) is 56.5 Å². The fourth-order valence-corrected chi connectivity index (χ4v) is 11.7. The van der Waals surface area contributed by atoms with Crippen LogP contribution in [0.15, 0.2) is 103 Å². The number of aryl methyl sites for hydroxylation is 2. The molecule has 4 aromatic carbocycles. The molecule has 420 valence electrons. The summed E-state index contributed by atoms with van der Waals surface area (Å²) in [7, 11) is -3.72. The number of alkyl halides is 2. The molecule has 3 aromatic heterocycles.